The fourth-order valence-corrected chi connectivity index (χ4v) is 2.67. The minimum Gasteiger partial charge on any atom is -0.481 e. The predicted octanol–water partition coefficient (Wildman–Crippen LogP) is -2.95. The van der Waals surface area contributed by atoms with Crippen molar-refractivity contribution in [1.82, 2.24) is 25.9 Å². The second-order valence-corrected chi connectivity index (χ2v) is 7.01. The number of nitrogens with one attached hydrogen (secondary N) is 4. The van der Waals surface area contributed by atoms with Crippen LogP contribution in [0.2, 0.25) is 0 Å². The van der Waals surface area contributed by atoms with E-state index in [0.717, 1.165) is 0 Å². The Morgan fingerprint density at radius 1 is 1.06 bits per heavy atom. The van der Waals surface area contributed by atoms with E-state index in [1.807, 2.05) is 0 Å². The number of carboxylic acid groups (broad SMARTS) is 2. The first kappa shape index (κ1) is 26.5. The number of hydrogen-bond acceptors (Lipinski definition) is 8. The van der Waals surface area contributed by atoms with Gasteiger partial charge in [0.25, 0.3) is 0 Å². The number of carboxylic acids is 2. The van der Waals surface area contributed by atoms with Gasteiger partial charge in [-0.1, -0.05) is 0 Å². The molecule has 3 unspecified atom stereocenters. The van der Waals surface area contributed by atoms with Crippen molar-refractivity contribution in [3.8, 4) is 0 Å². The maximum Gasteiger partial charge on any atom is 0.326 e. The van der Waals surface area contributed by atoms with Crippen LogP contribution in [-0.2, 0) is 30.4 Å². The Kier molecular flexibility index (Phi) is 11.4. The van der Waals surface area contributed by atoms with Crippen LogP contribution in [0.5, 0.6) is 0 Å². The highest BCUT2D eigenvalue weighted by Crippen LogP contribution is 2.03. The second-order valence-electron chi connectivity index (χ2n) is 7.01. The van der Waals surface area contributed by atoms with E-state index in [0.29, 0.717) is 25.1 Å². The van der Waals surface area contributed by atoms with Gasteiger partial charge in [-0.3, -0.25) is 19.2 Å². The van der Waals surface area contributed by atoms with Crippen LogP contribution in [0.1, 0.15) is 31.4 Å². The third-order valence-corrected chi connectivity index (χ3v) is 4.35. The average Bonchev–Trinajstić information content (AvgIpc) is 3.23. The normalized spacial score (nSPS) is 13.4. The molecule has 178 valence electrons. The van der Waals surface area contributed by atoms with Gasteiger partial charge in [0.05, 0.1) is 25.3 Å². The molecule has 0 saturated carbocycles. The molecule has 0 aliphatic heterocycles. The zero-order valence-electron chi connectivity index (χ0n) is 17.4. The number of imidazole rings is 1. The molecule has 1 heterocycles. The number of hydrogen-bond donors (Lipinski definition) is 8. The van der Waals surface area contributed by atoms with Crippen molar-refractivity contribution in [2.45, 2.75) is 50.2 Å². The number of carbonyl (C=O) groups excluding carboxylic acids is 3. The summed E-state index contributed by atoms with van der Waals surface area (Å²) in [5, 5.41) is 25.0. The topological polar surface area (TPSA) is 243 Å². The summed E-state index contributed by atoms with van der Waals surface area (Å²) >= 11 is 0. The van der Waals surface area contributed by atoms with E-state index in [1.54, 1.807) is 0 Å². The Morgan fingerprint density at radius 3 is 2.34 bits per heavy atom. The van der Waals surface area contributed by atoms with E-state index < -0.39 is 60.8 Å². The summed E-state index contributed by atoms with van der Waals surface area (Å²) in [5.74, 6) is -4.81. The van der Waals surface area contributed by atoms with Gasteiger partial charge in [0.15, 0.2) is 0 Å². The quantitative estimate of drug-likeness (QED) is 0.125. The lowest BCUT2D eigenvalue weighted by atomic mass is 10.1. The molecule has 0 aliphatic carbocycles. The number of rotatable bonds is 15. The maximum absolute atomic E-state index is 12.5. The summed E-state index contributed by atoms with van der Waals surface area (Å²) in [6.45, 7) is -0.161. The molecular weight excluding hydrogens is 426 g/mol. The zero-order chi connectivity index (χ0) is 24.1. The number of aromatic amines is 1. The van der Waals surface area contributed by atoms with Gasteiger partial charge in [-0.2, -0.15) is 0 Å². The fourth-order valence-electron chi connectivity index (χ4n) is 2.67. The lowest BCUT2D eigenvalue weighted by molar-refractivity contribution is -0.141. The fraction of sp³-hybridized carbons (Fsp3) is 0.556. The molecular formula is C18H29N7O7. The molecule has 0 aromatic carbocycles. The van der Waals surface area contributed by atoms with Crippen LogP contribution in [0.15, 0.2) is 12.5 Å². The van der Waals surface area contributed by atoms with Crippen LogP contribution < -0.4 is 27.4 Å². The van der Waals surface area contributed by atoms with Gasteiger partial charge in [0, 0.05) is 18.3 Å². The smallest absolute Gasteiger partial charge is 0.326 e. The second kappa shape index (κ2) is 13.7. The van der Waals surface area contributed by atoms with Gasteiger partial charge in [-0.25, -0.2) is 9.78 Å². The van der Waals surface area contributed by atoms with Crippen molar-refractivity contribution < 1.29 is 34.2 Å². The Bertz CT molecular complexity index is 785. The summed E-state index contributed by atoms with van der Waals surface area (Å²) in [5.41, 5.74) is 11.4. The molecule has 14 nitrogen and oxygen atoms in total. The molecule has 0 fully saturated rings. The zero-order valence-corrected chi connectivity index (χ0v) is 17.4. The van der Waals surface area contributed by atoms with Gasteiger partial charge in [-0.15, -0.1) is 0 Å². The molecule has 0 aliphatic rings. The number of aliphatic carboxylic acids is 2. The highest BCUT2D eigenvalue weighted by molar-refractivity contribution is 5.93. The molecule has 3 atom stereocenters. The highest BCUT2D eigenvalue weighted by Gasteiger charge is 2.26. The Hall–Kier alpha value is -3.52. The lowest BCUT2D eigenvalue weighted by Crippen LogP contribution is -2.53. The summed E-state index contributed by atoms with van der Waals surface area (Å²) in [6.07, 6.45) is 3.40. The summed E-state index contributed by atoms with van der Waals surface area (Å²) in [6, 6.07) is -3.66. The first-order valence-electron chi connectivity index (χ1n) is 9.89. The molecule has 10 N–H and O–H groups in total. The molecule has 14 heteroatoms. The van der Waals surface area contributed by atoms with Crippen molar-refractivity contribution in [3.05, 3.63) is 18.2 Å². The maximum atomic E-state index is 12.5. The molecule has 32 heavy (non-hydrogen) atoms. The number of carbonyl (C=O) groups is 5. The number of unbranched alkanes of at least 4 members (excludes halogenated alkanes) is 1. The molecule has 1 rings (SSSR count). The largest absolute Gasteiger partial charge is 0.481 e. The predicted molar refractivity (Wildman–Crippen MR) is 110 cm³/mol. The SMILES string of the molecule is NCCCCC(NC(=O)C(N)CC(=O)O)C(=O)NCC(=O)NC(Cc1cnc[nH]1)C(=O)O. The van der Waals surface area contributed by atoms with Gasteiger partial charge >= 0.3 is 11.9 Å². The van der Waals surface area contributed by atoms with Crippen molar-refractivity contribution in [1.29, 1.82) is 0 Å². The van der Waals surface area contributed by atoms with Crippen molar-refractivity contribution in [3.63, 3.8) is 0 Å². The molecule has 0 spiro atoms. The molecule has 1 aromatic heterocycles. The summed E-state index contributed by atoms with van der Waals surface area (Å²) < 4.78 is 0. The number of H-pyrrole nitrogens is 1. The molecule has 3 amide bonds. The highest BCUT2D eigenvalue weighted by atomic mass is 16.4. The van der Waals surface area contributed by atoms with Gasteiger partial charge < -0.3 is 42.6 Å². The van der Waals surface area contributed by atoms with E-state index in [1.165, 1.54) is 12.5 Å². The molecule has 1 aromatic rings. The summed E-state index contributed by atoms with van der Waals surface area (Å²) in [4.78, 5) is 65.3. The minimum absolute atomic E-state index is 0.0335. The van der Waals surface area contributed by atoms with E-state index >= 15 is 0 Å². The number of nitrogens with two attached hydrogens (primary N) is 2. The van der Waals surface area contributed by atoms with E-state index in [4.69, 9.17) is 16.6 Å². The standard InChI is InChI=1S/C18H29N7O7/c19-4-2-1-3-12(25-16(29)11(20)6-15(27)28)17(30)22-8-14(26)24-13(18(31)32)5-10-7-21-9-23-10/h7,9,11-13H,1-6,8,19-20H2,(H,21,23)(H,22,30)(H,24,26)(H,25,29)(H,27,28)(H,31,32). The van der Waals surface area contributed by atoms with E-state index in [2.05, 4.69) is 25.9 Å². The van der Waals surface area contributed by atoms with Crippen molar-refractivity contribution in [2.75, 3.05) is 13.1 Å². The molecule has 0 saturated heterocycles. The lowest BCUT2D eigenvalue weighted by Gasteiger charge is -2.20. The van der Waals surface area contributed by atoms with Gasteiger partial charge in [-0.05, 0) is 25.8 Å². The van der Waals surface area contributed by atoms with Crippen LogP contribution >= 0.6 is 0 Å². The van der Waals surface area contributed by atoms with E-state index in [-0.39, 0.29) is 12.8 Å². The number of amides is 3. The van der Waals surface area contributed by atoms with Crippen LogP contribution in [0.4, 0.5) is 0 Å². The molecule has 0 bridgehead atoms. The number of aromatic nitrogens is 2. The van der Waals surface area contributed by atoms with Gasteiger partial charge in [0.1, 0.15) is 12.1 Å². The minimum atomic E-state index is -1.35. The van der Waals surface area contributed by atoms with Crippen molar-refractivity contribution >= 4 is 29.7 Å². The van der Waals surface area contributed by atoms with Crippen LogP contribution in [-0.4, -0.2) is 81.1 Å². The summed E-state index contributed by atoms with van der Waals surface area (Å²) in [7, 11) is 0. The van der Waals surface area contributed by atoms with Crippen LogP contribution in [0.3, 0.4) is 0 Å². The Labute approximate surface area is 183 Å². The third-order valence-electron chi connectivity index (χ3n) is 4.35. The van der Waals surface area contributed by atoms with Crippen LogP contribution in [0.25, 0.3) is 0 Å². The molecule has 0 radical (unpaired) electrons. The van der Waals surface area contributed by atoms with Gasteiger partial charge in [0.2, 0.25) is 17.7 Å². The average molecular weight is 455 g/mol. The third kappa shape index (κ3) is 9.99. The number of nitrogens with zero attached hydrogens (tertiary/aromatic N) is 1. The Morgan fingerprint density at radius 2 is 1.78 bits per heavy atom. The van der Waals surface area contributed by atoms with E-state index in [9.17, 15) is 29.1 Å². The van der Waals surface area contributed by atoms with Crippen molar-refractivity contribution in [2.24, 2.45) is 11.5 Å². The first-order chi connectivity index (χ1) is 15.1. The monoisotopic (exact) mass is 455 g/mol. The Balaban J connectivity index is 2.64. The first-order valence-corrected chi connectivity index (χ1v) is 9.89. The van der Waals surface area contributed by atoms with Crippen LogP contribution in [0, 0.1) is 0 Å².